The number of aliphatic hydroxyl groups is 1. The Morgan fingerprint density at radius 2 is 1.74 bits per heavy atom. The third-order valence-corrected chi connectivity index (χ3v) is 6.24. The van der Waals surface area contributed by atoms with Crippen LogP contribution in [0.2, 0.25) is 0 Å². The minimum Gasteiger partial charge on any atom is -0.389 e. The summed E-state index contributed by atoms with van der Waals surface area (Å²) in [5.74, 6) is 2.70. The normalized spacial score (nSPS) is 37.3. The minimum absolute atomic E-state index is 0.292. The molecule has 0 amide bonds. The first kappa shape index (κ1) is 18.5. The number of allylic oxidation sites excluding steroid dienone is 5. The second-order valence-corrected chi connectivity index (χ2v) is 7.42. The summed E-state index contributed by atoms with van der Waals surface area (Å²) in [7, 11) is 0. The van der Waals surface area contributed by atoms with Crippen molar-refractivity contribution in [3.8, 4) is 0 Å². The van der Waals surface area contributed by atoms with E-state index in [-0.39, 0.29) is 6.10 Å². The summed E-state index contributed by atoms with van der Waals surface area (Å²) in [5.41, 5.74) is 1.50. The quantitative estimate of drug-likeness (QED) is 0.603. The second kappa shape index (κ2) is 8.87. The Hall–Kier alpha value is -0.820. The van der Waals surface area contributed by atoms with Crippen LogP contribution in [0.1, 0.15) is 66.2 Å². The summed E-state index contributed by atoms with van der Waals surface area (Å²) >= 11 is 0. The molecule has 0 saturated carbocycles. The Morgan fingerprint density at radius 3 is 2.35 bits per heavy atom. The van der Waals surface area contributed by atoms with Crippen molar-refractivity contribution in [2.24, 2.45) is 29.6 Å². The molecule has 6 unspecified atom stereocenters. The van der Waals surface area contributed by atoms with Crippen molar-refractivity contribution >= 4 is 0 Å². The zero-order valence-corrected chi connectivity index (χ0v) is 15.5. The highest BCUT2D eigenvalue weighted by Crippen LogP contribution is 2.40. The maximum atomic E-state index is 11.1. The van der Waals surface area contributed by atoms with E-state index in [2.05, 4.69) is 58.1 Å². The van der Waals surface area contributed by atoms with E-state index in [1.807, 2.05) is 0 Å². The molecule has 0 radical (unpaired) electrons. The summed E-state index contributed by atoms with van der Waals surface area (Å²) in [4.78, 5) is 0. The van der Waals surface area contributed by atoms with Gasteiger partial charge in [-0.2, -0.15) is 0 Å². The maximum Gasteiger partial charge on any atom is 0.0760 e. The molecular formula is C22H36O. The van der Waals surface area contributed by atoms with Crippen molar-refractivity contribution in [3.05, 3.63) is 36.0 Å². The SMILES string of the molecule is CCC1C=CCC(CC)C1=CC(O)C1C(CC)C=CCC1CC. The van der Waals surface area contributed by atoms with E-state index >= 15 is 0 Å². The maximum absolute atomic E-state index is 11.1. The van der Waals surface area contributed by atoms with Gasteiger partial charge in [0.15, 0.2) is 0 Å². The third kappa shape index (κ3) is 4.18. The molecule has 2 aliphatic carbocycles. The fraction of sp³-hybridized carbons (Fsp3) is 0.727. The fourth-order valence-electron chi connectivity index (χ4n) is 4.74. The van der Waals surface area contributed by atoms with E-state index in [0.29, 0.717) is 29.6 Å². The van der Waals surface area contributed by atoms with Crippen LogP contribution in [0.15, 0.2) is 36.0 Å². The summed E-state index contributed by atoms with van der Waals surface area (Å²) in [5, 5.41) is 11.1. The Labute approximate surface area is 143 Å². The number of aliphatic hydroxyl groups excluding tert-OH is 1. The van der Waals surface area contributed by atoms with E-state index in [4.69, 9.17) is 0 Å². The van der Waals surface area contributed by atoms with Crippen LogP contribution in [0.4, 0.5) is 0 Å². The van der Waals surface area contributed by atoms with E-state index < -0.39 is 0 Å². The molecule has 1 heteroatoms. The lowest BCUT2D eigenvalue weighted by molar-refractivity contribution is 0.0717. The van der Waals surface area contributed by atoms with Gasteiger partial charge in [0.05, 0.1) is 6.10 Å². The first-order valence-electron chi connectivity index (χ1n) is 9.89. The van der Waals surface area contributed by atoms with Crippen molar-refractivity contribution in [1.29, 1.82) is 0 Å². The zero-order chi connectivity index (χ0) is 16.8. The predicted octanol–water partition coefficient (Wildman–Crippen LogP) is 5.91. The number of hydrogen-bond acceptors (Lipinski definition) is 1. The van der Waals surface area contributed by atoms with Crippen molar-refractivity contribution in [2.75, 3.05) is 0 Å². The summed E-state index contributed by atoms with van der Waals surface area (Å²) < 4.78 is 0. The van der Waals surface area contributed by atoms with Gasteiger partial charge in [-0.25, -0.2) is 0 Å². The van der Waals surface area contributed by atoms with Gasteiger partial charge < -0.3 is 5.11 Å². The zero-order valence-electron chi connectivity index (χ0n) is 15.5. The van der Waals surface area contributed by atoms with Crippen molar-refractivity contribution in [2.45, 2.75) is 72.3 Å². The van der Waals surface area contributed by atoms with Crippen LogP contribution >= 0.6 is 0 Å². The molecule has 0 aromatic carbocycles. The fourth-order valence-corrected chi connectivity index (χ4v) is 4.74. The van der Waals surface area contributed by atoms with E-state index in [1.165, 1.54) is 18.4 Å². The number of rotatable bonds is 6. The smallest absolute Gasteiger partial charge is 0.0760 e. The molecule has 6 atom stereocenters. The first-order valence-corrected chi connectivity index (χ1v) is 9.89. The first-order chi connectivity index (χ1) is 11.2. The van der Waals surface area contributed by atoms with Crippen LogP contribution in [0.5, 0.6) is 0 Å². The topological polar surface area (TPSA) is 20.2 Å². The van der Waals surface area contributed by atoms with Crippen LogP contribution in [-0.4, -0.2) is 11.2 Å². The van der Waals surface area contributed by atoms with E-state index in [9.17, 15) is 5.11 Å². The summed E-state index contributed by atoms with van der Waals surface area (Å²) in [6, 6.07) is 0. The summed E-state index contributed by atoms with van der Waals surface area (Å²) in [6.45, 7) is 9.08. The molecule has 0 bridgehead atoms. The lowest BCUT2D eigenvalue weighted by Gasteiger charge is -2.38. The van der Waals surface area contributed by atoms with Gasteiger partial charge in [0, 0.05) is 0 Å². The Morgan fingerprint density at radius 1 is 1.00 bits per heavy atom. The molecule has 2 aliphatic rings. The van der Waals surface area contributed by atoms with Gasteiger partial charge in [-0.1, -0.05) is 70.1 Å². The van der Waals surface area contributed by atoms with Crippen LogP contribution in [-0.2, 0) is 0 Å². The standard InChI is InChI=1S/C22H36O/c1-5-16-11-9-12-17(6-2)20(16)15-21(23)22-18(7-3)13-10-14-19(22)8-4/h9-11,13,15-19,21-23H,5-8,12,14H2,1-4H3. The average molecular weight is 317 g/mol. The molecule has 0 aromatic rings. The van der Waals surface area contributed by atoms with Crippen LogP contribution in [0.3, 0.4) is 0 Å². The van der Waals surface area contributed by atoms with Crippen LogP contribution < -0.4 is 0 Å². The molecule has 23 heavy (non-hydrogen) atoms. The van der Waals surface area contributed by atoms with Gasteiger partial charge in [0.1, 0.15) is 0 Å². The Bertz CT molecular complexity index is 445. The van der Waals surface area contributed by atoms with Crippen molar-refractivity contribution in [1.82, 2.24) is 0 Å². The molecule has 0 fully saturated rings. The van der Waals surface area contributed by atoms with Gasteiger partial charge in [-0.3, -0.25) is 0 Å². The van der Waals surface area contributed by atoms with Gasteiger partial charge in [0.25, 0.3) is 0 Å². The molecular weight excluding hydrogens is 280 g/mol. The monoisotopic (exact) mass is 316 g/mol. The van der Waals surface area contributed by atoms with Gasteiger partial charge in [-0.15, -0.1) is 0 Å². The van der Waals surface area contributed by atoms with E-state index in [1.54, 1.807) is 0 Å². The van der Waals surface area contributed by atoms with Crippen molar-refractivity contribution in [3.63, 3.8) is 0 Å². The highest BCUT2D eigenvalue weighted by atomic mass is 16.3. The average Bonchev–Trinajstić information content (AvgIpc) is 2.60. The molecule has 1 N–H and O–H groups in total. The second-order valence-electron chi connectivity index (χ2n) is 7.42. The number of hydrogen-bond donors (Lipinski definition) is 1. The van der Waals surface area contributed by atoms with Gasteiger partial charge in [-0.05, 0) is 61.7 Å². The molecule has 0 heterocycles. The summed E-state index contributed by atoms with van der Waals surface area (Å²) in [6.07, 6.45) is 18.3. The Kier molecular flexibility index (Phi) is 7.14. The Balaban J connectivity index is 2.27. The molecule has 0 aliphatic heterocycles. The van der Waals surface area contributed by atoms with Crippen LogP contribution in [0, 0.1) is 29.6 Å². The third-order valence-electron chi connectivity index (χ3n) is 6.24. The molecule has 1 nitrogen and oxygen atoms in total. The highest BCUT2D eigenvalue weighted by Gasteiger charge is 2.34. The van der Waals surface area contributed by atoms with Crippen molar-refractivity contribution < 1.29 is 5.11 Å². The predicted molar refractivity (Wildman–Crippen MR) is 100 cm³/mol. The highest BCUT2D eigenvalue weighted by molar-refractivity contribution is 5.24. The molecule has 2 rings (SSSR count). The van der Waals surface area contributed by atoms with Crippen LogP contribution in [0.25, 0.3) is 0 Å². The largest absolute Gasteiger partial charge is 0.389 e. The van der Waals surface area contributed by atoms with E-state index in [0.717, 1.165) is 25.7 Å². The molecule has 0 spiro atoms. The van der Waals surface area contributed by atoms with Gasteiger partial charge in [0.2, 0.25) is 0 Å². The molecule has 0 saturated heterocycles. The molecule has 0 aromatic heterocycles. The molecule has 130 valence electrons. The van der Waals surface area contributed by atoms with Gasteiger partial charge >= 0.3 is 0 Å². The lowest BCUT2D eigenvalue weighted by Crippen LogP contribution is -2.35. The minimum atomic E-state index is -0.292. The lowest BCUT2D eigenvalue weighted by atomic mass is 9.69.